The van der Waals surface area contributed by atoms with E-state index in [0.29, 0.717) is 34.5 Å². The summed E-state index contributed by atoms with van der Waals surface area (Å²) in [6.45, 7) is 3.78. The van der Waals surface area contributed by atoms with Crippen LogP contribution < -0.4 is 5.32 Å². The highest BCUT2D eigenvalue weighted by molar-refractivity contribution is 7.51. The van der Waals surface area contributed by atoms with Crippen LogP contribution in [-0.2, 0) is 22.2 Å². The molecule has 3 aromatic rings. The molecule has 13 heteroatoms. The van der Waals surface area contributed by atoms with Crippen LogP contribution in [0.2, 0.25) is 0 Å². The van der Waals surface area contributed by atoms with Gasteiger partial charge in [-0.15, -0.1) is 4.91 Å². The molecule has 2 N–H and O–H groups in total. The fraction of sp³-hybridized carbons (Fsp3) is 0.294. The predicted molar refractivity (Wildman–Crippen MR) is 107 cm³/mol. The number of aromatic nitrogens is 4. The van der Waals surface area contributed by atoms with E-state index in [9.17, 15) is 19.2 Å². The van der Waals surface area contributed by atoms with Crippen LogP contribution in [0, 0.1) is 23.2 Å². The Bertz CT molecular complexity index is 1210. The summed E-state index contributed by atoms with van der Waals surface area (Å²) in [6, 6.07) is 8.41. The number of nitrogens with zero attached hydrogens (tertiary/aromatic N) is 6. The Kier molecular flexibility index (Phi) is 6.07. The van der Waals surface area contributed by atoms with Gasteiger partial charge in [0.05, 0.1) is 41.5 Å². The van der Waals surface area contributed by atoms with Crippen LogP contribution in [0.1, 0.15) is 28.7 Å². The summed E-state index contributed by atoms with van der Waals surface area (Å²) in [6.07, 6.45) is 0. The highest BCUT2D eigenvalue weighted by Gasteiger charge is 2.22. The summed E-state index contributed by atoms with van der Waals surface area (Å²) >= 11 is 0. The van der Waals surface area contributed by atoms with Crippen molar-refractivity contribution in [2.75, 3.05) is 11.9 Å². The van der Waals surface area contributed by atoms with Crippen molar-refractivity contribution in [3.63, 3.8) is 0 Å². The number of nitroso groups, excluding NO2 is 1. The third kappa shape index (κ3) is 4.44. The molecule has 0 aliphatic rings. The fourth-order valence-electron chi connectivity index (χ4n) is 2.93. The average molecular weight is 431 g/mol. The molecular weight excluding hydrogens is 413 g/mol. The monoisotopic (exact) mass is 431 g/mol. The van der Waals surface area contributed by atoms with Crippen molar-refractivity contribution in [1.29, 1.82) is 5.26 Å². The number of imidazole rings is 1. The van der Waals surface area contributed by atoms with Gasteiger partial charge in [-0.05, 0) is 38.1 Å². The zero-order valence-electron chi connectivity index (χ0n) is 16.1. The molecule has 0 aliphatic carbocycles. The van der Waals surface area contributed by atoms with Crippen molar-refractivity contribution in [1.82, 2.24) is 19.3 Å². The van der Waals surface area contributed by atoms with Crippen LogP contribution in [0.5, 0.6) is 0 Å². The standard InChI is InChI=1S/C17H18N7O5P/c1-3-24-15(8-11(2)21-24)16(25)20-17-19-13-9-12(10-18)4-5-14(13)23(17)6-7-29-30(27,28)22-26/h4-5,8-9H,3,6-7H2,1-2H3,(H,27,28)(H,19,20,25). The van der Waals surface area contributed by atoms with E-state index in [1.54, 1.807) is 40.4 Å². The number of anilines is 1. The van der Waals surface area contributed by atoms with Gasteiger partial charge in [-0.25, -0.2) is 9.55 Å². The Morgan fingerprint density at radius 2 is 2.20 bits per heavy atom. The molecule has 1 amide bonds. The maximum absolute atomic E-state index is 12.8. The number of hydrogen-bond acceptors (Lipinski definition) is 7. The lowest BCUT2D eigenvalue weighted by atomic mass is 10.2. The second kappa shape index (κ2) is 8.54. The number of carbonyl (C=O) groups excluding carboxylic acids is 1. The molecule has 12 nitrogen and oxygen atoms in total. The molecule has 0 bridgehead atoms. The second-order valence-corrected chi connectivity index (χ2v) is 7.65. The van der Waals surface area contributed by atoms with Gasteiger partial charge < -0.3 is 9.46 Å². The number of benzene rings is 1. The van der Waals surface area contributed by atoms with Crippen LogP contribution in [0.15, 0.2) is 29.2 Å². The van der Waals surface area contributed by atoms with E-state index in [0.717, 1.165) is 0 Å². The highest BCUT2D eigenvalue weighted by atomic mass is 31.2. The van der Waals surface area contributed by atoms with Gasteiger partial charge in [-0.3, -0.25) is 19.3 Å². The summed E-state index contributed by atoms with van der Waals surface area (Å²) in [4.78, 5) is 38.7. The van der Waals surface area contributed by atoms with Gasteiger partial charge in [0, 0.05) is 11.5 Å². The lowest BCUT2D eigenvalue weighted by Gasteiger charge is -2.11. The molecule has 0 saturated carbocycles. The summed E-state index contributed by atoms with van der Waals surface area (Å²) in [5.41, 5.74) is 2.39. The van der Waals surface area contributed by atoms with E-state index < -0.39 is 13.7 Å². The Morgan fingerprint density at radius 3 is 2.87 bits per heavy atom. The van der Waals surface area contributed by atoms with Crippen LogP contribution >= 0.6 is 7.75 Å². The average Bonchev–Trinajstić information content (AvgIpc) is 3.27. The molecule has 1 atom stereocenters. The number of nitrogens with one attached hydrogen (secondary N) is 1. The number of rotatable bonds is 8. The smallest absolute Gasteiger partial charge is 0.308 e. The molecule has 2 heterocycles. The van der Waals surface area contributed by atoms with Crippen LogP contribution in [0.25, 0.3) is 11.0 Å². The first-order valence-electron chi connectivity index (χ1n) is 8.86. The Morgan fingerprint density at radius 1 is 1.43 bits per heavy atom. The van der Waals surface area contributed by atoms with Gasteiger partial charge in [0.25, 0.3) is 5.91 Å². The van der Waals surface area contributed by atoms with Gasteiger partial charge in [0.1, 0.15) is 5.69 Å². The molecule has 0 radical (unpaired) electrons. The number of hydrogen-bond donors (Lipinski definition) is 2. The summed E-state index contributed by atoms with van der Waals surface area (Å²) in [5.74, 6) is -0.306. The molecule has 0 saturated heterocycles. The summed E-state index contributed by atoms with van der Waals surface area (Å²) in [5, 5.41) is 16.0. The van der Waals surface area contributed by atoms with E-state index in [2.05, 4.69) is 24.9 Å². The largest absolute Gasteiger partial charge is 0.487 e. The third-order valence-corrected chi connectivity index (χ3v) is 4.94. The lowest BCUT2D eigenvalue weighted by Crippen LogP contribution is -2.20. The first-order chi connectivity index (χ1) is 14.3. The van der Waals surface area contributed by atoms with Crippen LogP contribution in [-0.4, -0.2) is 36.7 Å². The number of nitriles is 1. The zero-order valence-corrected chi connectivity index (χ0v) is 17.0. The van der Waals surface area contributed by atoms with E-state index in [1.165, 1.54) is 0 Å². The van der Waals surface area contributed by atoms with Crippen LogP contribution in [0.4, 0.5) is 5.95 Å². The summed E-state index contributed by atoms with van der Waals surface area (Å²) in [7, 11) is -4.57. The molecule has 0 spiro atoms. The van der Waals surface area contributed by atoms with Crippen molar-refractivity contribution in [2.45, 2.75) is 26.9 Å². The number of fused-ring (bicyclic) bond motifs is 1. The minimum absolute atomic E-state index is 0.00977. The summed E-state index contributed by atoms with van der Waals surface area (Å²) < 4.78 is 19.0. The maximum Gasteiger partial charge on any atom is 0.487 e. The number of aryl methyl sites for hydroxylation is 2. The predicted octanol–water partition coefficient (Wildman–Crippen LogP) is 2.57. The molecule has 30 heavy (non-hydrogen) atoms. The topological polar surface area (TPSA) is 164 Å². The third-order valence-electron chi connectivity index (χ3n) is 4.21. The van der Waals surface area contributed by atoms with Crippen molar-refractivity contribution >= 4 is 30.6 Å². The molecule has 3 rings (SSSR count). The van der Waals surface area contributed by atoms with Crippen molar-refractivity contribution in [2.24, 2.45) is 4.95 Å². The molecule has 156 valence electrons. The normalized spacial score (nSPS) is 13.0. The van der Waals surface area contributed by atoms with Gasteiger partial charge in [0.15, 0.2) is 0 Å². The molecule has 0 fully saturated rings. The van der Waals surface area contributed by atoms with E-state index in [-0.39, 0.29) is 19.1 Å². The van der Waals surface area contributed by atoms with Crippen molar-refractivity contribution in [3.05, 3.63) is 46.1 Å². The number of amides is 1. The van der Waals surface area contributed by atoms with Crippen molar-refractivity contribution in [3.8, 4) is 6.07 Å². The van der Waals surface area contributed by atoms with E-state index >= 15 is 0 Å². The second-order valence-electron chi connectivity index (χ2n) is 6.25. The SMILES string of the molecule is CCn1nc(C)cc1C(=O)Nc1nc2cc(C#N)ccc2n1CCOP(=O)(O)N=O. The number of carbonyl (C=O) groups is 1. The van der Waals surface area contributed by atoms with Gasteiger partial charge >= 0.3 is 7.75 Å². The van der Waals surface area contributed by atoms with Gasteiger partial charge in [0.2, 0.25) is 5.95 Å². The first-order valence-corrected chi connectivity index (χ1v) is 10.4. The van der Waals surface area contributed by atoms with Crippen molar-refractivity contribution < 1.29 is 18.8 Å². The maximum atomic E-state index is 12.8. The Labute approximate surface area is 170 Å². The molecule has 2 aromatic heterocycles. The Balaban J connectivity index is 1.95. The van der Waals surface area contributed by atoms with Gasteiger partial charge in [-0.1, -0.05) is 0 Å². The quantitative estimate of drug-likeness (QED) is 0.406. The van der Waals surface area contributed by atoms with E-state index in [1.807, 2.05) is 13.0 Å². The van der Waals surface area contributed by atoms with Crippen LogP contribution in [0.3, 0.4) is 0 Å². The fourth-order valence-corrected chi connectivity index (χ4v) is 3.30. The highest BCUT2D eigenvalue weighted by Crippen LogP contribution is 2.42. The minimum atomic E-state index is -4.57. The van der Waals surface area contributed by atoms with E-state index in [4.69, 9.17) is 5.26 Å². The first kappa shape index (κ1) is 21.3. The molecule has 0 aliphatic heterocycles. The zero-order chi connectivity index (χ0) is 21.9. The lowest BCUT2D eigenvalue weighted by molar-refractivity contribution is 0.101. The van der Waals surface area contributed by atoms with Gasteiger partial charge in [-0.2, -0.15) is 10.4 Å². The molecular formula is C17H18N7O5P. The molecule has 1 unspecified atom stereocenters. The molecule has 1 aromatic carbocycles. The Hall–Kier alpha value is -3.39. The minimum Gasteiger partial charge on any atom is -0.308 e.